The molecule has 0 saturated carbocycles. The molecule has 3 rings (SSSR count). The average molecular weight is 266 g/mol. The van der Waals surface area contributed by atoms with Crippen LogP contribution >= 0.6 is 0 Å². The van der Waals surface area contributed by atoms with E-state index in [9.17, 15) is 0 Å². The molecular weight excluding hydrogens is 252 g/mol. The Morgan fingerprint density at radius 1 is 0.900 bits per heavy atom. The molecule has 4 nitrogen and oxygen atoms in total. The van der Waals surface area contributed by atoms with Crippen molar-refractivity contribution >= 4 is 0 Å². The summed E-state index contributed by atoms with van der Waals surface area (Å²) in [7, 11) is 0. The minimum absolute atomic E-state index is 0.491. The van der Waals surface area contributed by atoms with Crippen LogP contribution in [0.4, 0.5) is 0 Å². The van der Waals surface area contributed by atoms with Gasteiger partial charge in [-0.15, -0.1) is 10.2 Å². The number of aromatic nitrogens is 2. The third-order valence-electron chi connectivity index (χ3n) is 2.84. The van der Waals surface area contributed by atoms with E-state index in [1.165, 1.54) is 0 Å². The van der Waals surface area contributed by atoms with Gasteiger partial charge < -0.3 is 9.15 Å². The second-order valence-electron chi connectivity index (χ2n) is 4.24. The van der Waals surface area contributed by atoms with Gasteiger partial charge in [0.05, 0.1) is 6.61 Å². The van der Waals surface area contributed by atoms with Gasteiger partial charge in [0.1, 0.15) is 5.75 Å². The first kappa shape index (κ1) is 12.4. The van der Waals surface area contributed by atoms with E-state index in [4.69, 9.17) is 9.15 Å². The van der Waals surface area contributed by atoms with Gasteiger partial charge in [-0.2, -0.15) is 0 Å². The number of ether oxygens (including phenoxy) is 1. The van der Waals surface area contributed by atoms with Gasteiger partial charge >= 0.3 is 0 Å². The second kappa shape index (κ2) is 5.57. The Labute approximate surface area is 117 Å². The molecule has 0 N–H and O–H groups in total. The van der Waals surface area contributed by atoms with Gasteiger partial charge in [-0.25, -0.2) is 0 Å². The zero-order valence-corrected chi connectivity index (χ0v) is 11.1. The monoisotopic (exact) mass is 266 g/mol. The molecule has 0 aliphatic rings. The number of benzene rings is 2. The van der Waals surface area contributed by atoms with Crippen LogP contribution in [0.15, 0.2) is 59.0 Å². The maximum Gasteiger partial charge on any atom is 0.248 e. The first-order chi connectivity index (χ1) is 9.86. The van der Waals surface area contributed by atoms with Gasteiger partial charge in [-0.3, -0.25) is 0 Å². The maximum atomic E-state index is 5.71. The predicted molar refractivity (Wildman–Crippen MR) is 76.3 cm³/mol. The minimum atomic E-state index is 0.491. The van der Waals surface area contributed by atoms with Gasteiger partial charge in [0.25, 0.3) is 0 Å². The van der Waals surface area contributed by atoms with E-state index in [0.717, 1.165) is 16.9 Å². The van der Waals surface area contributed by atoms with Crippen molar-refractivity contribution in [3.63, 3.8) is 0 Å². The lowest BCUT2D eigenvalue weighted by Crippen LogP contribution is -1.91. The second-order valence-corrected chi connectivity index (χ2v) is 4.24. The van der Waals surface area contributed by atoms with Crippen LogP contribution in [0.1, 0.15) is 6.92 Å². The van der Waals surface area contributed by atoms with E-state index in [1.807, 2.05) is 61.5 Å². The van der Waals surface area contributed by atoms with Crippen LogP contribution < -0.4 is 4.74 Å². The van der Waals surface area contributed by atoms with Crippen LogP contribution in [0, 0.1) is 0 Å². The molecule has 1 aromatic heterocycles. The smallest absolute Gasteiger partial charge is 0.248 e. The summed E-state index contributed by atoms with van der Waals surface area (Å²) < 4.78 is 11.2. The Morgan fingerprint density at radius 3 is 2.35 bits per heavy atom. The van der Waals surface area contributed by atoms with Gasteiger partial charge in [-0.05, 0) is 37.3 Å². The van der Waals surface area contributed by atoms with E-state index in [0.29, 0.717) is 18.4 Å². The number of nitrogens with zero attached hydrogens (tertiary/aromatic N) is 2. The molecule has 3 aromatic rings. The van der Waals surface area contributed by atoms with Crippen molar-refractivity contribution in [3.05, 3.63) is 54.6 Å². The highest BCUT2D eigenvalue weighted by molar-refractivity contribution is 5.59. The van der Waals surface area contributed by atoms with E-state index >= 15 is 0 Å². The van der Waals surface area contributed by atoms with Crippen LogP contribution in [-0.4, -0.2) is 16.8 Å². The molecule has 20 heavy (non-hydrogen) atoms. The molecule has 0 spiro atoms. The van der Waals surface area contributed by atoms with Crippen molar-refractivity contribution in [2.24, 2.45) is 0 Å². The Hall–Kier alpha value is -2.62. The number of rotatable bonds is 4. The molecule has 0 saturated heterocycles. The Balaban J connectivity index is 1.92. The topological polar surface area (TPSA) is 48.2 Å². The standard InChI is InChI=1S/C16H14N2O2/c1-2-19-14-10-6-9-13(11-14)16-18-17-15(20-16)12-7-4-3-5-8-12/h3-11H,2H2,1H3. The van der Waals surface area contributed by atoms with Crippen molar-refractivity contribution < 1.29 is 9.15 Å². The fourth-order valence-corrected chi connectivity index (χ4v) is 1.92. The lowest BCUT2D eigenvalue weighted by atomic mass is 10.2. The minimum Gasteiger partial charge on any atom is -0.494 e. The highest BCUT2D eigenvalue weighted by Gasteiger charge is 2.10. The highest BCUT2D eigenvalue weighted by atomic mass is 16.5. The van der Waals surface area contributed by atoms with Crippen molar-refractivity contribution in [1.29, 1.82) is 0 Å². The lowest BCUT2D eigenvalue weighted by Gasteiger charge is -2.03. The van der Waals surface area contributed by atoms with Crippen molar-refractivity contribution in [3.8, 4) is 28.7 Å². The van der Waals surface area contributed by atoms with E-state index in [2.05, 4.69) is 10.2 Å². The van der Waals surface area contributed by atoms with Gasteiger partial charge in [0, 0.05) is 11.1 Å². The summed E-state index contributed by atoms with van der Waals surface area (Å²) >= 11 is 0. The fraction of sp³-hybridized carbons (Fsp3) is 0.125. The van der Waals surface area contributed by atoms with E-state index in [-0.39, 0.29) is 0 Å². The molecule has 100 valence electrons. The van der Waals surface area contributed by atoms with Gasteiger partial charge in [0.2, 0.25) is 11.8 Å². The van der Waals surface area contributed by atoms with Gasteiger partial charge in [-0.1, -0.05) is 24.3 Å². The van der Waals surface area contributed by atoms with Crippen LogP contribution in [0.25, 0.3) is 22.9 Å². The highest BCUT2D eigenvalue weighted by Crippen LogP contribution is 2.26. The summed E-state index contributed by atoms with van der Waals surface area (Å²) in [5.74, 6) is 1.80. The van der Waals surface area contributed by atoms with Crippen molar-refractivity contribution in [2.45, 2.75) is 6.92 Å². The van der Waals surface area contributed by atoms with Gasteiger partial charge in [0.15, 0.2) is 0 Å². The molecule has 2 aromatic carbocycles. The molecule has 0 aliphatic heterocycles. The SMILES string of the molecule is CCOc1cccc(-c2nnc(-c3ccccc3)o2)c1. The Kier molecular flexibility index (Phi) is 3.46. The number of hydrogen-bond donors (Lipinski definition) is 0. The molecule has 1 heterocycles. The third-order valence-corrected chi connectivity index (χ3v) is 2.84. The van der Waals surface area contributed by atoms with Crippen LogP contribution in [0.2, 0.25) is 0 Å². The summed E-state index contributed by atoms with van der Waals surface area (Å²) in [6.45, 7) is 2.58. The Morgan fingerprint density at radius 2 is 1.60 bits per heavy atom. The quantitative estimate of drug-likeness (QED) is 0.720. The van der Waals surface area contributed by atoms with Crippen LogP contribution in [-0.2, 0) is 0 Å². The molecule has 0 fully saturated rings. The van der Waals surface area contributed by atoms with Crippen LogP contribution in [0.3, 0.4) is 0 Å². The largest absolute Gasteiger partial charge is 0.494 e. The zero-order valence-electron chi connectivity index (χ0n) is 11.1. The molecule has 0 bridgehead atoms. The summed E-state index contributed by atoms with van der Waals surface area (Å²) in [6.07, 6.45) is 0. The average Bonchev–Trinajstić information content (AvgIpc) is 2.99. The lowest BCUT2D eigenvalue weighted by molar-refractivity contribution is 0.340. The summed E-state index contributed by atoms with van der Waals surface area (Å²) in [5, 5.41) is 8.17. The fourth-order valence-electron chi connectivity index (χ4n) is 1.92. The number of hydrogen-bond acceptors (Lipinski definition) is 4. The molecule has 4 heteroatoms. The molecule has 0 unspecified atom stereocenters. The summed E-state index contributed by atoms with van der Waals surface area (Å²) in [6, 6.07) is 17.3. The van der Waals surface area contributed by atoms with Crippen molar-refractivity contribution in [1.82, 2.24) is 10.2 Å². The van der Waals surface area contributed by atoms with E-state index < -0.39 is 0 Å². The maximum absolute atomic E-state index is 5.71. The first-order valence-electron chi connectivity index (χ1n) is 6.49. The van der Waals surface area contributed by atoms with E-state index in [1.54, 1.807) is 0 Å². The van der Waals surface area contributed by atoms with Crippen molar-refractivity contribution in [2.75, 3.05) is 6.61 Å². The molecular formula is C16H14N2O2. The molecule has 0 amide bonds. The predicted octanol–water partition coefficient (Wildman–Crippen LogP) is 3.80. The zero-order chi connectivity index (χ0) is 13.8. The third kappa shape index (κ3) is 2.54. The molecule has 0 atom stereocenters. The first-order valence-corrected chi connectivity index (χ1v) is 6.49. The van der Waals surface area contributed by atoms with Crippen LogP contribution in [0.5, 0.6) is 5.75 Å². The molecule has 0 aliphatic carbocycles. The normalized spacial score (nSPS) is 10.4. The summed E-state index contributed by atoms with van der Waals surface area (Å²) in [4.78, 5) is 0. The molecule has 0 radical (unpaired) electrons. The summed E-state index contributed by atoms with van der Waals surface area (Å²) in [5.41, 5.74) is 1.76. The Bertz CT molecular complexity index is 692.